The molecule has 4 aliphatic carbocycles. The van der Waals surface area contributed by atoms with Gasteiger partial charge in [0.05, 0.1) is 18.3 Å². The fourth-order valence-electron chi connectivity index (χ4n) is 9.12. The lowest BCUT2D eigenvalue weighted by Crippen LogP contribution is -2.49. The Balaban J connectivity index is 0.000000162. The summed E-state index contributed by atoms with van der Waals surface area (Å²) in [6.45, 7) is 17.0. The number of hydrogen-bond donors (Lipinski definition) is 2. The molecular weight excluding hydrogens is 424 g/mol. The number of carbonyl (C=O) groups is 1. The number of aliphatic hydroxyl groups is 2. The van der Waals surface area contributed by atoms with Crippen LogP contribution in [-0.4, -0.2) is 35.5 Å². The largest absolute Gasteiger partial charge is 0.458 e. The zero-order chi connectivity index (χ0) is 25.1. The van der Waals surface area contributed by atoms with E-state index in [0.717, 1.165) is 17.9 Å². The van der Waals surface area contributed by atoms with Gasteiger partial charge in [0, 0.05) is 5.92 Å². The van der Waals surface area contributed by atoms with E-state index in [2.05, 4.69) is 54.5 Å². The molecule has 0 aromatic heterocycles. The Morgan fingerprint density at radius 3 is 2.24 bits per heavy atom. The summed E-state index contributed by atoms with van der Waals surface area (Å²) >= 11 is 0. The van der Waals surface area contributed by atoms with Crippen LogP contribution in [0, 0.1) is 39.4 Å². The second kappa shape index (κ2) is 8.76. The quantitative estimate of drug-likeness (QED) is 0.351. The van der Waals surface area contributed by atoms with Crippen LogP contribution >= 0.6 is 0 Å². The van der Waals surface area contributed by atoms with Crippen molar-refractivity contribution in [1.29, 1.82) is 0 Å². The van der Waals surface area contributed by atoms with Crippen LogP contribution in [0.4, 0.5) is 0 Å². The number of hydrogen-bond acceptors (Lipinski definition) is 4. The maximum Gasteiger partial charge on any atom is 0.337 e. The molecule has 34 heavy (non-hydrogen) atoms. The van der Waals surface area contributed by atoms with Crippen molar-refractivity contribution >= 4 is 5.97 Å². The van der Waals surface area contributed by atoms with Gasteiger partial charge in [0.25, 0.3) is 0 Å². The standard InChI is InChI=1S/C15H22O3.C15H26O/c1-14(2)5-4-6-15(3)9-8-18-13(17)12(9)10(16)7-11(14)15;1-11-6-7-13-14(2,3)8-5-9-15(13,4)12(11)10-16/h10-11,16H,4-8H2,1-3H3;6,12-13,16H,5,7-10H2,1-4H3. The van der Waals surface area contributed by atoms with Crippen molar-refractivity contribution in [2.45, 2.75) is 106 Å². The minimum atomic E-state index is -0.620. The smallest absolute Gasteiger partial charge is 0.337 e. The van der Waals surface area contributed by atoms with Gasteiger partial charge in [-0.05, 0) is 84.5 Å². The van der Waals surface area contributed by atoms with Crippen molar-refractivity contribution in [2.24, 2.45) is 39.4 Å². The molecule has 4 heteroatoms. The molecular formula is C30H48O4. The highest BCUT2D eigenvalue weighted by Gasteiger charge is 2.55. The molecule has 5 rings (SSSR count). The van der Waals surface area contributed by atoms with Crippen LogP contribution in [0.5, 0.6) is 0 Å². The molecule has 0 bridgehead atoms. The van der Waals surface area contributed by atoms with E-state index < -0.39 is 6.10 Å². The maximum absolute atomic E-state index is 11.8. The molecule has 5 aliphatic rings. The monoisotopic (exact) mass is 472 g/mol. The first-order valence-corrected chi connectivity index (χ1v) is 13.6. The van der Waals surface area contributed by atoms with Crippen LogP contribution < -0.4 is 0 Å². The highest BCUT2D eigenvalue weighted by molar-refractivity contribution is 5.93. The molecule has 1 heterocycles. The third kappa shape index (κ3) is 4.01. The SMILES string of the molecule is CC1(C)CCCC2(C)C3=C(C(=O)OC3)C(O)CC12.CC1=CCC2C(C)(C)CCCC2(C)C1CO. The number of cyclic esters (lactones) is 1. The van der Waals surface area contributed by atoms with E-state index in [9.17, 15) is 15.0 Å². The van der Waals surface area contributed by atoms with E-state index in [1.54, 1.807) is 0 Å². The summed E-state index contributed by atoms with van der Waals surface area (Å²) in [6.07, 6.45) is 11.1. The Morgan fingerprint density at radius 1 is 0.971 bits per heavy atom. The summed E-state index contributed by atoms with van der Waals surface area (Å²) in [7, 11) is 0. The van der Waals surface area contributed by atoms with Gasteiger partial charge in [-0.25, -0.2) is 4.79 Å². The predicted octanol–water partition coefficient (Wildman–Crippen LogP) is 6.21. The van der Waals surface area contributed by atoms with Crippen molar-refractivity contribution in [2.75, 3.05) is 13.2 Å². The Morgan fingerprint density at radius 2 is 1.59 bits per heavy atom. The second-order valence-corrected chi connectivity index (χ2v) is 13.9. The Labute approximate surface area is 207 Å². The third-order valence-corrected chi connectivity index (χ3v) is 11.1. The molecule has 0 amide bonds. The van der Waals surface area contributed by atoms with E-state index in [1.807, 2.05) is 0 Å². The number of fused-ring (bicyclic) bond motifs is 3. The second-order valence-electron chi connectivity index (χ2n) is 13.9. The lowest BCUT2D eigenvalue weighted by molar-refractivity contribution is -0.137. The first-order chi connectivity index (χ1) is 15.8. The topological polar surface area (TPSA) is 66.8 Å². The number of esters is 1. The van der Waals surface area contributed by atoms with E-state index >= 15 is 0 Å². The first kappa shape index (κ1) is 25.9. The number of allylic oxidation sites excluding steroid dienone is 1. The molecule has 2 fully saturated rings. The van der Waals surface area contributed by atoms with Crippen molar-refractivity contribution < 1.29 is 19.7 Å². The molecule has 0 saturated heterocycles. The highest BCUT2D eigenvalue weighted by atomic mass is 16.5. The predicted molar refractivity (Wildman–Crippen MR) is 136 cm³/mol. The van der Waals surface area contributed by atoms with Crippen LogP contribution in [0.2, 0.25) is 0 Å². The number of ether oxygens (including phenoxy) is 1. The molecule has 6 atom stereocenters. The Kier molecular flexibility index (Phi) is 6.69. The maximum atomic E-state index is 11.8. The van der Waals surface area contributed by atoms with Gasteiger partial charge in [-0.15, -0.1) is 0 Å². The molecule has 0 aromatic rings. The van der Waals surface area contributed by atoms with Gasteiger partial charge in [0.15, 0.2) is 0 Å². The number of rotatable bonds is 1. The Hall–Kier alpha value is -1.13. The molecule has 0 aromatic carbocycles. The van der Waals surface area contributed by atoms with Crippen LogP contribution in [0.15, 0.2) is 22.8 Å². The fourth-order valence-corrected chi connectivity index (χ4v) is 9.12. The summed E-state index contributed by atoms with van der Waals surface area (Å²) < 4.78 is 5.18. The average Bonchev–Trinajstić information content (AvgIpc) is 3.13. The molecule has 2 saturated carbocycles. The zero-order valence-electron chi connectivity index (χ0n) is 22.7. The van der Waals surface area contributed by atoms with Gasteiger partial charge in [-0.1, -0.05) is 66.0 Å². The van der Waals surface area contributed by atoms with Crippen molar-refractivity contribution in [3.8, 4) is 0 Å². The van der Waals surface area contributed by atoms with Gasteiger partial charge in [0.2, 0.25) is 0 Å². The lowest BCUT2D eigenvalue weighted by atomic mass is 9.49. The van der Waals surface area contributed by atoms with Gasteiger partial charge >= 0.3 is 5.97 Å². The lowest BCUT2D eigenvalue weighted by Gasteiger charge is -2.56. The van der Waals surface area contributed by atoms with E-state index in [-0.39, 0.29) is 16.8 Å². The molecule has 0 spiro atoms. The average molecular weight is 473 g/mol. The van der Waals surface area contributed by atoms with Crippen LogP contribution in [-0.2, 0) is 9.53 Å². The van der Waals surface area contributed by atoms with Crippen molar-refractivity contribution in [1.82, 2.24) is 0 Å². The molecule has 2 N–H and O–H groups in total. The fraction of sp³-hybridized carbons (Fsp3) is 0.833. The molecule has 6 unspecified atom stereocenters. The summed E-state index contributed by atoms with van der Waals surface area (Å²) in [4.78, 5) is 11.8. The third-order valence-electron chi connectivity index (χ3n) is 11.1. The summed E-state index contributed by atoms with van der Waals surface area (Å²) in [5, 5.41) is 20.0. The first-order valence-electron chi connectivity index (χ1n) is 13.6. The summed E-state index contributed by atoms with van der Waals surface area (Å²) in [5.74, 6) is 1.29. The van der Waals surface area contributed by atoms with Gasteiger partial charge in [0.1, 0.15) is 6.61 Å². The van der Waals surface area contributed by atoms with Crippen LogP contribution in [0.3, 0.4) is 0 Å². The van der Waals surface area contributed by atoms with Crippen LogP contribution in [0.1, 0.15) is 99.8 Å². The highest BCUT2D eigenvalue weighted by Crippen LogP contribution is 2.61. The Bertz CT molecular complexity index is 880. The van der Waals surface area contributed by atoms with E-state index in [4.69, 9.17) is 4.74 Å². The van der Waals surface area contributed by atoms with E-state index in [0.29, 0.717) is 47.9 Å². The van der Waals surface area contributed by atoms with Crippen molar-refractivity contribution in [3.05, 3.63) is 22.8 Å². The zero-order valence-corrected chi connectivity index (χ0v) is 22.7. The minimum Gasteiger partial charge on any atom is -0.458 e. The van der Waals surface area contributed by atoms with Gasteiger partial charge in [-0.2, -0.15) is 0 Å². The summed E-state index contributed by atoms with van der Waals surface area (Å²) in [6, 6.07) is 0. The molecule has 0 radical (unpaired) electrons. The minimum absolute atomic E-state index is 0.0441. The normalized spacial score (nSPS) is 42.4. The molecule has 4 nitrogen and oxygen atoms in total. The van der Waals surface area contributed by atoms with Crippen molar-refractivity contribution in [3.63, 3.8) is 0 Å². The number of carbonyl (C=O) groups excluding carboxylic acids is 1. The molecule has 1 aliphatic heterocycles. The molecule has 192 valence electrons. The van der Waals surface area contributed by atoms with Gasteiger partial charge in [-0.3, -0.25) is 0 Å². The number of aliphatic hydroxyl groups excluding tert-OH is 2. The summed E-state index contributed by atoms with van der Waals surface area (Å²) in [5.41, 5.74) is 4.13. The van der Waals surface area contributed by atoms with Gasteiger partial charge < -0.3 is 14.9 Å². The van der Waals surface area contributed by atoms with Crippen LogP contribution in [0.25, 0.3) is 0 Å². The van der Waals surface area contributed by atoms with E-state index in [1.165, 1.54) is 44.1 Å².